The van der Waals surface area contributed by atoms with Crippen molar-refractivity contribution < 1.29 is 14.3 Å². The van der Waals surface area contributed by atoms with E-state index in [9.17, 15) is 9.59 Å². The molecule has 1 saturated heterocycles. The number of carbonyl (C=O) groups excluding carboxylic acids is 2. The molecule has 1 aliphatic carbocycles. The van der Waals surface area contributed by atoms with Crippen LogP contribution in [0.5, 0.6) is 5.75 Å². The highest BCUT2D eigenvalue weighted by atomic mass is 35.5. The molecule has 1 heterocycles. The van der Waals surface area contributed by atoms with Gasteiger partial charge in [0.25, 0.3) is 5.91 Å². The molecule has 2 fully saturated rings. The number of amides is 2. The molecule has 1 aliphatic heterocycles. The fourth-order valence-electron chi connectivity index (χ4n) is 3.73. The standard InChI is InChI=1S/C17H23N3O3.ClH/c18-15(21)10-23-14-6-4-13(5-7-14)20-16(22)17-8-2-1-3-12(17)9-19-11-17;/h4-7,12,19H,1-3,8-11H2,(H2,18,21)(H,20,22);1H/t12-,17+;/m0./s1. The van der Waals surface area contributed by atoms with E-state index in [-0.39, 0.29) is 30.3 Å². The molecule has 2 amide bonds. The maximum atomic E-state index is 12.8. The van der Waals surface area contributed by atoms with Crippen LogP contribution >= 0.6 is 12.4 Å². The van der Waals surface area contributed by atoms with Gasteiger partial charge >= 0.3 is 0 Å². The smallest absolute Gasteiger partial charge is 0.255 e. The second-order valence-electron chi connectivity index (χ2n) is 6.46. The molecule has 1 saturated carbocycles. The van der Waals surface area contributed by atoms with Gasteiger partial charge in [-0.3, -0.25) is 9.59 Å². The molecule has 7 heteroatoms. The third-order valence-corrected chi connectivity index (χ3v) is 4.98. The van der Waals surface area contributed by atoms with Gasteiger partial charge in [0.1, 0.15) is 5.75 Å². The maximum Gasteiger partial charge on any atom is 0.255 e. The number of anilines is 1. The molecule has 3 rings (SSSR count). The summed E-state index contributed by atoms with van der Waals surface area (Å²) in [6.45, 7) is 1.55. The quantitative estimate of drug-likeness (QED) is 0.751. The van der Waals surface area contributed by atoms with Crippen LogP contribution in [0.1, 0.15) is 25.7 Å². The number of benzene rings is 1. The molecule has 0 radical (unpaired) electrons. The maximum absolute atomic E-state index is 12.8. The first-order valence-corrected chi connectivity index (χ1v) is 8.13. The van der Waals surface area contributed by atoms with Crippen LogP contribution in [0.2, 0.25) is 0 Å². The first-order valence-electron chi connectivity index (χ1n) is 8.13. The van der Waals surface area contributed by atoms with Crippen LogP contribution in [0, 0.1) is 11.3 Å². The zero-order chi connectivity index (χ0) is 16.3. The Hall–Kier alpha value is -1.79. The summed E-state index contributed by atoms with van der Waals surface area (Å²) in [7, 11) is 0. The first kappa shape index (κ1) is 18.5. The Labute approximate surface area is 147 Å². The van der Waals surface area contributed by atoms with Gasteiger partial charge < -0.3 is 21.1 Å². The van der Waals surface area contributed by atoms with Crippen molar-refractivity contribution in [3.63, 3.8) is 0 Å². The van der Waals surface area contributed by atoms with E-state index < -0.39 is 5.91 Å². The number of carbonyl (C=O) groups is 2. The van der Waals surface area contributed by atoms with Crippen LogP contribution in [0.25, 0.3) is 0 Å². The molecular weight excluding hydrogens is 330 g/mol. The lowest BCUT2D eigenvalue weighted by atomic mass is 9.67. The molecule has 0 spiro atoms. The van der Waals surface area contributed by atoms with Crippen molar-refractivity contribution >= 4 is 29.9 Å². The van der Waals surface area contributed by atoms with Gasteiger partial charge in [-0.2, -0.15) is 0 Å². The SMILES string of the molecule is Cl.NC(=O)COc1ccc(NC(=O)[C@@]23CCCC[C@H]2CNC3)cc1. The number of fused-ring (bicyclic) bond motifs is 1. The lowest BCUT2D eigenvalue weighted by Gasteiger charge is -2.37. The number of rotatable bonds is 5. The van der Waals surface area contributed by atoms with Gasteiger partial charge in [0.2, 0.25) is 5.91 Å². The Kier molecular flexibility index (Phi) is 6.07. The Balaban J connectivity index is 0.00000208. The Morgan fingerprint density at radius 1 is 1.29 bits per heavy atom. The number of nitrogens with one attached hydrogen (secondary N) is 2. The monoisotopic (exact) mass is 353 g/mol. The van der Waals surface area contributed by atoms with Crippen molar-refractivity contribution in [3.05, 3.63) is 24.3 Å². The van der Waals surface area contributed by atoms with Crippen molar-refractivity contribution in [2.45, 2.75) is 25.7 Å². The zero-order valence-corrected chi connectivity index (χ0v) is 14.4. The molecule has 2 aliphatic rings. The predicted octanol–water partition coefficient (Wildman–Crippen LogP) is 1.69. The van der Waals surface area contributed by atoms with Crippen LogP contribution in [0.15, 0.2) is 24.3 Å². The number of halogens is 1. The lowest BCUT2D eigenvalue weighted by molar-refractivity contribution is -0.128. The van der Waals surface area contributed by atoms with Crippen molar-refractivity contribution in [1.82, 2.24) is 5.32 Å². The van der Waals surface area contributed by atoms with Crippen molar-refractivity contribution in [2.24, 2.45) is 17.1 Å². The Morgan fingerprint density at radius 2 is 2.04 bits per heavy atom. The minimum absolute atomic E-state index is 0. The van der Waals surface area contributed by atoms with Crippen molar-refractivity contribution in [1.29, 1.82) is 0 Å². The number of primary amides is 1. The normalized spacial score (nSPS) is 25.2. The molecule has 132 valence electrons. The summed E-state index contributed by atoms with van der Waals surface area (Å²) in [6.07, 6.45) is 4.41. The third kappa shape index (κ3) is 3.82. The van der Waals surface area contributed by atoms with Gasteiger partial charge in [-0.05, 0) is 49.6 Å². The molecule has 1 aromatic rings. The molecule has 0 bridgehead atoms. The zero-order valence-electron chi connectivity index (χ0n) is 13.5. The summed E-state index contributed by atoms with van der Waals surface area (Å²) in [5, 5.41) is 6.42. The second kappa shape index (κ2) is 7.85. The van der Waals surface area contributed by atoms with E-state index in [0.717, 1.165) is 38.0 Å². The molecule has 1 aromatic carbocycles. The van der Waals surface area contributed by atoms with Crippen molar-refractivity contribution in [2.75, 3.05) is 25.0 Å². The Morgan fingerprint density at radius 3 is 2.75 bits per heavy atom. The second-order valence-corrected chi connectivity index (χ2v) is 6.46. The van der Waals surface area contributed by atoms with Gasteiger partial charge in [-0.25, -0.2) is 0 Å². The number of hydrogen-bond donors (Lipinski definition) is 3. The van der Waals surface area contributed by atoms with Gasteiger partial charge in [-0.15, -0.1) is 12.4 Å². The fraction of sp³-hybridized carbons (Fsp3) is 0.529. The molecule has 4 N–H and O–H groups in total. The largest absolute Gasteiger partial charge is 0.484 e. The van der Waals surface area contributed by atoms with Crippen LogP contribution in [-0.4, -0.2) is 31.5 Å². The topological polar surface area (TPSA) is 93.5 Å². The predicted molar refractivity (Wildman–Crippen MR) is 94.3 cm³/mol. The average Bonchev–Trinajstić information content (AvgIpc) is 2.99. The summed E-state index contributed by atoms with van der Waals surface area (Å²) < 4.78 is 5.21. The van der Waals surface area contributed by atoms with Gasteiger partial charge in [-0.1, -0.05) is 12.8 Å². The van der Waals surface area contributed by atoms with Gasteiger partial charge in [0.05, 0.1) is 5.41 Å². The van der Waals surface area contributed by atoms with Crippen molar-refractivity contribution in [3.8, 4) is 5.75 Å². The van der Waals surface area contributed by atoms with Gasteiger partial charge in [0, 0.05) is 12.2 Å². The molecular formula is C17H24ClN3O3. The molecule has 6 nitrogen and oxygen atoms in total. The summed E-state index contributed by atoms with van der Waals surface area (Å²) in [4.78, 5) is 23.5. The van der Waals surface area contributed by atoms with E-state index >= 15 is 0 Å². The molecule has 0 aromatic heterocycles. The summed E-state index contributed by atoms with van der Waals surface area (Å²) >= 11 is 0. The lowest BCUT2D eigenvalue weighted by Crippen LogP contribution is -2.44. The van der Waals surface area contributed by atoms with Crippen LogP contribution in [0.3, 0.4) is 0 Å². The fourth-order valence-corrected chi connectivity index (χ4v) is 3.73. The van der Waals surface area contributed by atoms with E-state index in [1.807, 2.05) is 0 Å². The Bertz CT molecular complexity index is 593. The summed E-state index contributed by atoms with van der Waals surface area (Å²) in [5.41, 5.74) is 5.52. The van der Waals surface area contributed by atoms with Gasteiger partial charge in [0.15, 0.2) is 6.61 Å². The molecule has 0 unspecified atom stereocenters. The third-order valence-electron chi connectivity index (χ3n) is 4.98. The highest BCUT2D eigenvalue weighted by Crippen LogP contribution is 2.44. The number of ether oxygens (including phenoxy) is 1. The van der Waals surface area contributed by atoms with Crippen LogP contribution < -0.4 is 21.1 Å². The highest BCUT2D eigenvalue weighted by Gasteiger charge is 2.49. The van der Waals surface area contributed by atoms with E-state index in [0.29, 0.717) is 11.7 Å². The van der Waals surface area contributed by atoms with Crippen LogP contribution in [0.4, 0.5) is 5.69 Å². The molecule has 2 atom stereocenters. The summed E-state index contributed by atoms with van der Waals surface area (Å²) in [6, 6.07) is 7.01. The van der Waals surface area contributed by atoms with E-state index in [2.05, 4.69) is 10.6 Å². The van der Waals surface area contributed by atoms with E-state index in [4.69, 9.17) is 10.5 Å². The summed E-state index contributed by atoms with van der Waals surface area (Å²) in [5.74, 6) is 0.587. The average molecular weight is 354 g/mol. The number of hydrogen-bond acceptors (Lipinski definition) is 4. The number of nitrogens with two attached hydrogens (primary N) is 1. The van der Waals surface area contributed by atoms with Crippen LogP contribution in [-0.2, 0) is 9.59 Å². The first-order chi connectivity index (χ1) is 11.1. The highest BCUT2D eigenvalue weighted by molar-refractivity contribution is 5.96. The molecule has 24 heavy (non-hydrogen) atoms. The minimum Gasteiger partial charge on any atom is -0.484 e. The van der Waals surface area contributed by atoms with E-state index in [1.54, 1.807) is 24.3 Å². The van der Waals surface area contributed by atoms with E-state index in [1.165, 1.54) is 6.42 Å². The minimum atomic E-state index is -0.515.